The molecule has 0 radical (unpaired) electrons. The number of halogens is 2. The van der Waals surface area contributed by atoms with Gasteiger partial charge in [0.05, 0.1) is 10.7 Å². The smallest absolute Gasteiger partial charge is 0.231 e. The molecule has 0 unspecified atom stereocenters. The van der Waals surface area contributed by atoms with Gasteiger partial charge in [-0.2, -0.15) is 5.10 Å². The maximum absolute atomic E-state index is 13.7. The molecule has 1 aliphatic heterocycles. The van der Waals surface area contributed by atoms with Crippen molar-refractivity contribution in [3.8, 4) is 11.3 Å². The van der Waals surface area contributed by atoms with E-state index in [1.807, 2.05) is 18.2 Å². The zero-order chi connectivity index (χ0) is 18.8. The number of benzene rings is 1. The molecular weight excluding hydrogens is 367 g/mol. The van der Waals surface area contributed by atoms with E-state index in [0.29, 0.717) is 18.8 Å². The summed E-state index contributed by atoms with van der Waals surface area (Å²) in [6, 6.07) is 10.3. The standard InChI is InChI=1S/C20H18ClFN4O/c21-16-4-3-13(11-17(16)22)10-15-2-1-9-26(20(15)27)19-12-18(24-25-19)14-5-7-23-8-6-14/h3-8,11-12,15H,1-2,9-10H2,(H,24,25)/t15-/m0/s1. The van der Waals surface area contributed by atoms with Crippen LogP contribution in [0.5, 0.6) is 0 Å². The van der Waals surface area contributed by atoms with Crippen molar-refractivity contribution in [3.63, 3.8) is 0 Å². The number of piperidine rings is 1. The number of nitrogens with one attached hydrogen (secondary N) is 1. The van der Waals surface area contributed by atoms with Gasteiger partial charge in [-0.15, -0.1) is 0 Å². The van der Waals surface area contributed by atoms with Crippen molar-refractivity contribution in [2.45, 2.75) is 19.3 Å². The molecule has 0 aliphatic carbocycles. The Balaban J connectivity index is 1.52. The van der Waals surface area contributed by atoms with E-state index in [9.17, 15) is 9.18 Å². The van der Waals surface area contributed by atoms with E-state index in [4.69, 9.17) is 11.6 Å². The summed E-state index contributed by atoms with van der Waals surface area (Å²) in [5, 5.41) is 7.39. The Morgan fingerprint density at radius 2 is 2.04 bits per heavy atom. The molecule has 1 amide bonds. The first-order valence-electron chi connectivity index (χ1n) is 8.83. The van der Waals surface area contributed by atoms with Gasteiger partial charge < -0.3 is 0 Å². The molecule has 7 heteroatoms. The molecule has 5 nitrogen and oxygen atoms in total. The maximum atomic E-state index is 13.7. The molecule has 0 spiro atoms. The second-order valence-electron chi connectivity index (χ2n) is 6.66. The Hall–Kier alpha value is -2.73. The van der Waals surface area contributed by atoms with Crippen LogP contribution in [0.1, 0.15) is 18.4 Å². The van der Waals surface area contributed by atoms with Crippen LogP contribution < -0.4 is 4.90 Å². The first-order chi connectivity index (χ1) is 13.1. The third-order valence-electron chi connectivity index (χ3n) is 4.85. The molecule has 1 N–H and O–H groups in total. The lowest BCUT2D eigenvalue weighted by Crippen LogP contribution is -2.42. The average Bonchev–Trinajstić information content (AvgIpc) is 3.17. The molecule has 1 aromatic carbocycles. The maximum Gasteiger partial charge on any atom is 0.231 e. The van der Waals surface area contributed by atoms with Gasteiger partial charge in [0.2, 0.25) is 5.91 Å². The van der Waals surface area contributed by atoms with E-state index < -0.39 is 5.82 Å². The predicted molar refractivity (Wildman–Crippen MR) is 102 cm³/mol. The lowest BCUT2D eigenvalue weighted by molar-refractivity contribution is -0.123. The predicted octanol–water partition coefficient (Wildman–Crippen LogP) is 4.25. The van der Waals surface area contributed by atoms with Crippen LogP contribution in [-0.4, -0.2) is 27.6 Å². The Morgan fingerprint density at radius 3 is 2.81 bits per heavy atom. The number of carbonyl (C=O) groups excluding carboxylic acids is 1. The van der Waals surface area contributed by atoms with Gasteiger partial charge in [0, 0.05) is 36.5 Å². The molecule has 1 saturated heterocycles. The first kappa shape index (κ1) is 17.7. The van der Waals surface area contributed by atoms with Crippen molar-refractivity contribution in [2.75, 3.05) is 11.4 Å². The number of hydrogen-bond acceptors (Lipinski definition) is 3. The molecule has 2 aromatic heterocycles. The van der Waals surface area contributed by atoms with Crippen LogP contribution in [-0.2, 0) is 11.2 Å². The van der Waals surface area contributed by atoms with Crippen molar-refractivity contribution in [3.05, 3.63) is 65.2 Å². The fourth-order valence-corrected chi connectivity index (χ4v) is 3.56. The molecule has 0 saturated carbocycles. The lowest BCUT2D eigenvalue weighted by atomic mass is 9.90. The summed E-state index contributed by atoms with van der Waals surface area (Å²) in [5.41, 5.74) is 2.57. The number of hydrogen-bond donors (Lipinski definition) is 1. The van der Waals surface area contributed by atoms with E-state index in [-0.39, 0.29) is 16.8 Å². The molecule has 3 heterocycles. The molecule has 1 atom stereocenters. The molecular formula is C20H18ClFN4O. The third-order valence-corrected chi connectivity index (χ3v) is 5.15. The molecule has 138 valence electrons. The molecule has 0 bridgehead atoms. The van der Waals surface area contributed by atoms with Crippen molar-refractivity contribution < 1.29 is 9.18 Å². The highest BCUT2D eigenvalue weighted by Crippen LogP contribution is 2.29. The zero-order valence-electron chi connectivity index (χ0n) is 14.5. The van der Waals surface area contributed by atoms with E-state index >= 15 is 0 Å². The number of H-pyrrole nitrogens is 1. The molecule has 1 fully saturated rings. The summed E-state index contributed by atoms with van der Waals surface area (Å²) in [6.07, 6.45) is 5.57. The van der Waals surface area contributed by atoms with Crippen LogP contribution in [0.25, 0.3) is 11.3 Å². The Labute approximate surface area is 161 Å². The highest BCUT2D eigenvalue weighted by Gasteiger charge is 2.31. The van der Waals surface area contributed by atoms with Crippen molar-refractivity contribution in [1.29, 1.82) is 0 Å². The number of nitrogens with zero attached hydrogens (tertiary/aromatic N) is 3. The van der Waals surface area contributed by atoms with E-state index in [1.54, 1.807) is 23.4 Å². The summed E-state index contributed by atoms with van der Waals surface area (Å²) in [4.78, 5) is 18.7. The van der Waals surface area contributed by atoms with Crippen LogP contribution in [0.2, 0.25) is 5.02 Å². The Morgan fingerprint density at radius 1 is 1.22 bits per heavy atom. The molecule has 4 rings (SSSR count). The van der Waals surface area contributed by atoms with Crippen molar-refractivity contribution >= 4 is 23.3 Å². The van der Waals surface area contributed by atoms with E-state index in [2.05, 4.69) is 15.2 Å². The minimum atomic E-state index is -0.455. The minimum Gasteiger partial charge on any atom is -0.295 e. The fourth-order valence-electron chi connectivity index (χ4n) is 3.45. The van der Waals surface area contributed by atoms with Crippen molar-refractivity contribution in [2.24, 2.45) is 5.92 Å². The van der Waals surface area contributed by atoms with Crippen LogP contribution in [0, 0.1) is 11.7 Å². The number of aromatic amines is 1. The SMILES string of the molecule is O=C1[C@H](Cc2ccc(Cl)c(F)c2)CCCN1c1cc(-c2ccncc2)[nH]n1. The van der Waals surface area contributed by atoms with Crippen LogP contribution in [0.3, 0.4) is 0 Å². The average molecular weight is 385 g/mol. The van der Waals surface area contributed by atoms with Crippen LogP contribution in [0.4, 0.5) is 10.2 Å². The summed E-state index contributed by atoms with van der Waals surface area (Å²) < 4.78 is 13.7. The van der Waals surface area contributed by atoms with Gasteiger partial charge in [0.25, 0.3) is 0 Å². The third kappa shape index (κ3) is 3.71. The number of pyridine rings is 1. The minimum absolute atomic E-state index is 0.0180. The summed E-state index contributed by atoms with van der Waals surface area (Å²) >= 11 is 5.74. The van der Waals surface area contributed by atoms with Gasteiger partial charge in [-0.1, -0.05) is 17.7 Å². The fraction of sp³-hybridized carbons (Fsp3) is 0.250. The summed E-state index contributed by atoms with van der Waals surface area (Å²) in [5.74, 6) is -0.0211. The first-order valence-corrected chi connectivity index (χ1v) is 9.21. The van der Waals surface area contributed by atoms with Gasteiger partial charge >= 0.3 is 0 Å². The number of rotatable bonds is 4. The topological polar surface area (TPSA) is 61.9 Å². The van der Waals surface area contributed by atoms with Gasteiger partial charge in [-0.3, -0.25) is 19.8 Å². The van der Waals surface area contributed by atoms with Crippen LogP contribution >= 0.6 is 11.6 Å². The lowest BCUT2D eigenvalue weighted by Gasteiger charge is -2.30. The van der Waals surface area contributed by atoms with E-state index in [0.717, 1.165) is 29.7 Å². The van der Waals surface area contributed by atoms with E-state index in [1.165, 1.54) is 12.1 Å². The zero-order valence-corrected chi connectivity index (χ0v) is 15.3. The number of amides is 1. The number of aromatic nitrogens is 3. The van der Waals surface area contributed by atoms with Gasteiger partial charge in [-0.25, -0.2) is 4.39 Å². The summed E-state index contributed by atoms with van der Waals surface area (Å²) in [7, 11) is 0. The molecule has 27 heavy (non-hydrogen) atoms. The number of carbonyl (C=O) groups is 1. The number of anilines is 1. The molecule has 1 aliphatic rings. The Kier molecular flexibility index (Phi) is 4.90. The largest absolute Gasteiger partial charge is 0.295 e. The highest BCUT2D eigenvalue weighted by atomic mass is 35.5. The normalized spacial score (nSPS) is 17.3. The Bertz CT molecular complexity index is 960. The van der Waals surface area contributed by atoms with Gasteiger partial charge in [0.15, 0.2) is 5.82 Å². The monoisotopic (exact) mass is 384 g/mol. The molecule has 3 aromatic rings. The van der Waals surface area contributed by atoms with Crippen molar-refractivity contribution in [1.82, 2.24) is 15.2 Å². The quantitative estimate of drug-likeness (QED) is 0.731. The highest BCUT2D eigenvalue weighted by molar-refractivity contribution is 6.30. The van der Waals surface area contributed by atoms with Gasteiger partial charge in [0.1, 0.15) is 5.82 Å². The second-order valence-corrected chi connectivity index (χ2v) is 7.06. The summed E-state index contributed by atoms with van der Waals surface area (Å²) in [6.45, 7) is 0.630. The van der Waals surface area contributed by atoms with Crippen LogP contribution in [0.15, 0.2) is 48.8 Å². The second kappa shape index (κ2) is 7.48. The van der Waals surface area contributed by atoms with Gasteiger partial charge in [-0.05, 0) is 49.1 Å².